The van der Waals surface area contributed by atoms with Crippen LogP contribution >= 0.6 is 11.6 Å². The fourth-order valence-corrected chi connectivity index (χ4v) is 3.63. The molecule has 2 saturated heterocycles. The largest absolute Gasteiger partial charge is 0.311 e. The first kappa shape index (κ1) is 13.3. The molecule has 0 amide bonds. The Morgan fingerprint density at radius 3 is 2.68 bits per heavy atom. The Kier molecular flexibility index (Phi) is 3.79. The van der Waals surface area contributed by atoms with Gasteiger partial charge in [-0.2, -0.15) is 0 Å². The van der Waals surface area contributed by atoms with E-state index in [0.29, 0.717) is 23.1 Å². The van der Waals surface area contributed by atoms with E-state index in [1.807, 2.05) is 0 Å². The van der Waals surface area contributed by atoms with Gasteiger partial charge in [0.25, 0.3) is 0 Å². The van der Waals surface area contributed by atoms with E-state index >= 15 is 0 Å². The maximum absolute atomic E-state index is 13.3. The molecule has 2 nitrogen and oxygen atoms in total. The van der Waals surface area contributed by atoms with Gasteiger partial charge >= 0.3 is 0 Å². The van der Waals surface area contributed by atoms with Gasteiger partial charge in [0.2, 0.25) is 0 Å². The Balaban J connectivity index is 1.67. The van der Waals surface area contributed by atoms with Crippen LogP contribution in [0, 0.1) is 5.82 Å². The van der Waals surface area contributed by atoms with Crippen LogP contribution in [0.5, 0.6) is 0 Å². The second-order valence-corrected chi connectivity index (χ2v) is 6.32. The highest BCUT2D eigenvalue weighted by Crippen LogP contribution is 2.30. The quantitative estimate of drug-likeness (QED) is 0.916. The third kappa shape index (κ3) is 2.93. The van der Waals surface area contributed by atoms with E-state index in [2.05, 4.69) is 17.3 Å². The van der Waals surface area contributed by atoms with Crippen LogP contribution in [0.4, 0.5) is 4.39 Å². The number of benzene rings is 1. The van der Waals surface area contributed by atoms with Gasteiger partial charge in [0, 0.05) is 29.7 Å². The van der Waals surface area contributed by atoms with Gasteiger partial charge in [0.15, 0.2) is 0 Å². The van der Waals surface area contributed by atoms with Crippen LogP contribution in [0.3, 0.4) is 0 Å². The number of hydrogen-bond donors (Lipinski definition) is 1. The summed E-state index contributed by atoms with van der Waals surface area (Å²) < 4.78 is 13.3. The maximum Gasteiger partial charge on any atom is 0.123 e. The van der Waals surface area contributed by atoms with Crippen molar-refractivity contribution in [1.29, 1.82) is 0 Å². The number of piperidine rings is 1. The summed E-state index contributed by atoms with van der Waals surface area (Å²) in [6.07, 6.45) is 4.99. The summed E-state index contributed by atoms with van der Waals surface area (Å²) >= 11 is 6.14. The summed E-state index contributed by atoms with van der Waals surface area (Å²) in [5.41, 5.74) is 0.884. The zero-order chi connectivity index (χ0) is 13.4. The SMILES string of the molecule is CN(Cc1cc(F)ccc1Cl)C1CC2CCC(C1)N2. The molecule has 2 aliphatic heterocycles. The Bertz CT molecular complexity index is 453. The number of rotatable bonds is 3. The molecule has 0 aromatic heterocycles. The number of nitrogens with zero attached hydrogens (tertiary/aromatic N) is 1. The van der Waals surface area contributed by atoms with Crippen molar-refractivity contribution < 1.29 is 4.39 Å². The van der Waals surface area contributed by atoms with Gasteiger partial charge in [-0.15, -0.1) is 0 Å². The van der Waals surface area contributed by atoms with Gasteiger partial charge < -0.3 is 5.32 Å². The summed E-state index contributed by atoms with van der Waals surface area (Å²) in [5.74, 6) is -0.210. The molecule has 104 valence electrons. The molecule has 3 rings (SSSR count). The molecule has 2 unspecified atom stereocenters. The van der Waals surface area contributed by atoms with Crippen LogP contribution in [0.1, 0.15) is 31.2 Å². The molecule has 2 aliphatic rings. The second-order valence-electron chi connectivity index (χ2n) is 5.91. The number of hydrogen-bond acceptors (Lipinski definition) is 2. The average Bonchev–Trinajstić information content (AvgIpc) is 2.72. The molecule has 1 aromatic rings. The van der Waals surface area contributed by atoms with Gasteiger partial charge in [-0.1, -0.05) is 11.6 Å². The minimum Gasteiger partial charge on any atom is -0.311 e. The van der Waals surface area contributed by atoms with Gasteiger partial charge in [0.1, 0.15) is 5.82 Å². The van der Waals surface area contributed by atoms with Gasteiger partial charge in [-0.3, -0.25) is 4.90 Å². The predicted molar refractivity (Wildman–Crippen MR) is 75.8 cm³/mol. The lowest BCUT2D eigenvalue weighted by Crippen LogP contribution is -2.46. The third-order valence-corrected chi connectivity index (χ3v) is 4.87. The second kappa shape index (κ2) is 5.39. The standard InChI is InChI=1S/C15H20ClFN2/c1-19(9-10-6-11(17)2-5-15(10)16)14-7-12-3-4-13(8-14)18-12/h2,5-6,12-14,18H,3-4,7-9H2,1H3. The Hall–Kier alpha value is -0.640. The molecule has 1 N–H and O–H groups in total. The zero-order valence-corrected chi connectivity index (χ0v) is 12.0. The highest BCUT2D eigenvalue weighted by molar-refractivity contribution is 6.31. The van der Waals surface area contributed by atoms with Crippen LogP contribution in [-0.2, 0) is 6.54 Å². The Morgan fingerprint density at radius 2 is 2.00 bits per heavy atom. The number of fused-ring (bicyclic) bond motifs is 2. The van der Waals surface area contributed by atoms with E-state index in [4.69, 9.17) is 11.6 Å². The molecular formula is C15H20ClFN2. The molecule has 0 saturated carbocycles. The van der Waals surface area contributed by atoms with Crippen molar-refractivity contribution in [2.45, 2.75) is 50.4 Å². The van der Waals surface area contributed by atoms with Crippen molar-refractivity contribution in [2.24, 2.45) is 0 Å². The predicted octanol–water partition coefficient (Wildman–Crippen LogP) is 3.19. The average molecular weight is 283 g/mol. The molecule has 4 heteroatoms. The van der Waals surface area contributed by atoms with Crippen molar-refractivity contribution in [3.8, 4) is 0 Å². The van der Waals surface area contributed by atoms with Crippen molar-refractivity contribution in [2.75, 3.05) is 7.05 Å². The summed E-state index contributed by atoms with van der Waals surface area (Å²) in [7, 11) is 2.12. The van der Waals surface area contributed by atoms with Crippen molar-refractivity contribution >= 4 is 11.6 Å². The van der Waals surface area contributed by atoms with Crippen molar-refractivity contribution in [3.63, 3.8) is 0 Å². The summed E-state index contributed by atoms with van der Waals surface area (Å²) in [4.78, 5) is 2.33. The first-order valence-corrected chi connectivity index (χ1v) is 7.40. The molecule has 19 heavy (non-hydrogen) atoms. The minimum absolute atomic E-state index is 0.210. The molecule has 2 fully saturated rings. The lowest BCUT2D eigenvalue weighted by Gasteiger charge is -2.35. The molecule has 0 spiro atoms. The lowest BCUT2D eigenvalue weighted by molar-refractivity contribution is 0.166. The van der Waals surface area contributed by atoms with Gasteiger partial charge in [0.05, 0.1) is 0 Å². The van der Waals surface area contributed by atoms with Crippen LogP contribution in [-0.4, -0.2) is 30.1 Å². The molecule has 1 aromatic carbocycles. The molecular weight excluding hydrogens is 263 g/mol. The molecule has 0 radical (unpaired) electrons. The van der Waals surface area contributed by atoms with Crippen LogP contribution in [0.2, 0.25) is 5.02 Å². The molecule has 0 aliphatic carbocycles. The molecule has 2 atom stereocenters. The monoisotopic (exact) mass is 282 g/mol. The third-order valence-electron chi connectivity index (χ3n) is 4.50. The summed E-state index contributed by atoms with van der Waals surface area (Å²) in [5, 5.41) is 4.30. The summed E-state index contributed by atoms with van der Waals surface area (Å²) in [6, 6.07) is 6.54. The highest BCUT2D eigenvalue weighted by atomic mass is 35.5. The van der Waals surface area contributed by atoms with E-state index in [-0.39, 0.29) is 5.82 Å². The topological polar surface area (TPSA) is 15.3 Å². The van der Waals surface area contributed by atoms with E-state index in [1.54, 1.807) is 12.1 Å². The first-order valence-electron chi connectivity index (χ1n) is 7.02. The van der Waals surface area contributed by atoms with Crippen LogP contribution < -0.4 is 5.32 Å². The van der Waals surface area contributed by atoms with Crippen molar-refractivity contribution in [3.05, 3.63) is 34.6 Å². The van der Waals surface area contributed by atoms with Crippen LogP contribution in [0.25, 0.3) is 0 Å². The maximum atomic E-state index is 13.3. The van der Waals surface area contributed by atoms with Gasteiger partial charge in [-0.05, 0) is 56.5 Å². The highest BCUT2D eigenvalue weighted by Gasteiger charge is 2.35. The molecule has 2 bridgehead atoms. The minimum atomic E-state index is -0.210. The van der Waals surface area contributed by atoms with Crippen LogP contribution in [0.15, 0.2) is 18.2 Å². The molecule has 2 heterocycles. The van der Waals surface area contributed by atoms with E-state index in [1.165, 1.54) is 31.7 Å². The van der Waals surface area contributed by atoms with E-state index < -0.39 is 0 Å². The number of halogens is 2. The van der Waals surface area contributed by atoms with E-state index in [0.717, 1.165) is 12.1 Å². The smallest absolute Gasteiger partial charge is 0.123 e. The Labute approximate surface area is 118 Å². The normalized spacial score (nSPS) is 30.0. The zero-order valence-electron chi connectivity index (χ0n) is 11.2. The summed E-state index contributed by atoms with van der Waals surface area (Å²) in [6.45, 7) is 0.723. The number of nitrogens with one attached hydrogen (secondary N) is 1. The van der Waals surface area contributed by atoms with Gasteiger partial charge in [-0.25, -0.2) is 4.39 Å². The van der Waals surface area contributed by atoms with E-state index in [9.17, 15) is 4.39 Å². The lowest BCUT2D eigenvalue weighted by atomic mass is 9.98. The first-order chi connectivity index (χ1) is 9.11. The fraction of sp³-hybridized carbons (Fsp3) is 0.600. The van der Waals surface area contributed by atoms with Crippen molar-refractivity contribution in [1.82, 2.24) is 10.2 Å². The fourth-order valence-electron chi connectivity index (χ4n) is 3.45. The Morgan fingerprint density at radius 1 is 1.32 bits per heavy atom.